The highest BCUT2D eigenvalue weighted by atomic mass is 32.1. The molecule has 2 nitrogen and oxygen atoms in total. The van der Waals surface area contributed by atoms with E-state index in [1.807, 2.05) is 6.92 Å². The van der Waals surface area contributed by atoms with Gasteiger partial charge in [0.1, 0.15) is 5.01 Å². The molecular weight excluding hydrogens is 287 g/mol. The molecule has 108 valence electrons. The second kappa shape index (κ2) is 5.93. The fourth-order valence-electron chi connectivity index (χ4n) is 1.89. The second-order valence-electron chi connectivity index (χ2n) is 4.29. The fraction of sp³-hybridized carbons (Fsp3) is 0.357. The van der Waals surface area contributed by atoms with Gasteiger partial charge in [0.05, 0.1) is 11.3 Å². The molecule has 2 rings (SSSR count). The lowest BCUT2D eigenvalue weighted by Gasteiger charge is -2.06. The Morgan fingerprint density at radius 2 is 1.85 bits per heavy atom. The van der Waals surface area contributed by atoms with Crippen LogP contribution in [0.1, 0.15) is 23.1 Å². The van der Waals surface area contributed by atoms with Crippen LogP contribution in [0.15, 0.2) is 24.3 Å². The van der Waals surface area contributed by atoms with Gasteiger partial charge in [-0.3, -0.25) is 0 Å². The molecule has 0 fully saturated rings. The van der Waals surface area contributed by atoms with Crippen molar-refractivity contribution in [2.75, 3.05) is 6.61 Å². The third-order valence-corrected chi connectivity index (χ3v) is 4.20. The van der Waals surface area contributed by atoms with Gasteiger partial charge in [-0.15, -0.1) is 11.3 Å². The summed E-state index contributed by atoms with van der Waals surface area (Å²) < 4.78 is 37.5. The van der Waals surface area contributed by atoms with E-state index in [0.717, 1.165) is 29.1 Å². The number of nitrogens with zero attached hydrogens (tertiary/aromatic N) is 1. The molecule has 1 heterocycles. The first-order valence-electron chi connectivity index (χ1n) is 6.22. The van der Waals surface area contributed by atoms with Crippen LogP contribution in [0.3, 0.4) is 0 Å². The largest absolute Gasteiger partial charge is 0.416 e. The Hall–Kier alpha value is -1.40. The molecule has 1 aromatic heterocycles. The molecule has 1 aromatic carbocycles. The van der Waals surface area contributed by atoms with Crippen molar-refractivity contribution in [2.24, 2.45) is 0 Å². The predicted octanol–water partition coefficient (Wildman–Crippen LogP) is 3.93. The molecule has 2 aromatic rings. The van der Waals surface area contributed by atoms with Gasteiger partial charge in [0, 0.05) is 23.5 Å². The second-order valence-corrected chi connectivity index (χ2v) is 5.37. The molecular formula is C14H14F3NOS. The SMILES string of the molecule is CCc1sc(-c2ccc(C(F)(F)F)cc2)nc1CCO. The van der Waals surface area contributed by atoms with Crippen molar-refractivity contribution in [1.29, 1.82) is 0 Å². The van der Waals surface area contributed by atoms with Crippen LogP contribution in [0.25, 0.3) is 10.6 Å². The van der Waals surface area contributed by atoms with Crippen LogP contribution in [0.5, 0.6) is 0 Å². The van der Waals surface area contributed by atoms with E-state index in [4.69, 9.17) is 5.11 Å². The number of hydrogen-bond acceptors (Lipinski definition) is 3. The van der Waals surface area contributed by atoms with Crippen LogP contribution in [-0.2, 0) is 19.0 Å². The maximum absolute atomic E-state index is 12.5. The minimum absolute atomic E-state index is 0.0170. The predicted molar refractivity (Wildman–Crippen MR) is 72.7 cm³/mol. The van der Waals surface area contributed by atoms with E-state index in [-0.39, 0.29) is 6.61 Å². The third kappa shape index (κ3) is 3.19. The van der Waals surface area contributed by atoms with Crippen molar-refractivity contribution in [2.45, 2.75) is 25.9 Å². The Kier molecular flexibility index (Phi) is 4.45. The van der Waals surface area contributed by atoms with Crippen molar-refractivity contribution in [3.8, 4) is 10.6 Å². The molecule has 0 aliphatic heterocycles. The lowest BCUT2D eigenvalue weighted by molar-refractivity contribution is -0.137. The van der Waals surface area contributed by atoms with E-state index < -0.39 is 11.7 Å². The average molecular weight is 301 g/mol. The number of halogens is 3. The van der Waals surface area contributed by atoms with Gasteiger partial charge in [0.15, 0.2) is 0 Å². The Labute approximate surface area is 118 Å². The molecule has 0 radical (unpaired) electrons. The van der Waals surface area contributed by atoms with Crippen LogP contribution < -0.4 is 0 Å². The molecule has 0 saturated heterocycles. The van der Waals surface area contributed by atoms with E-state index >= 15 is 0 Å². The molecule has 6 heteroatoms. The van der Waals surface area contributed by atoms with Crippen LogP contribution in [0, 0.1) is 0 Å². The highest BCUT2D eigenvalue weighted by Gasteiger charge is 2.30. The first kappa shape index (κ1) is 15.0. The zero-order valence-corrected chi connectivity index (χ0v) is 11.7. The quantitative estimate of drug-likeness (QED) is 0.928. The van der Waals surface area contributed by atoms with E-state index in [0.29, 0.717) is 17.0 Å². The molecule has 0 unspecified atom stereocenters. The smallest absolute Gasteiger partial charge is 0.396 e. The molecule has 20 heavy (non-hydrogen) atoms. The molecule has 0 atom stereocenters. The van der Waals surface area contributed by atoms with Gasteiger partial charge in [-0.05, 0) is 18.6 Å². The zero-order valence-electron chi connectivity index (χ0n) is 10.9. The average Bonchev–Trinajstić information content (AvgIpc) is 2.81. The van der Waals surface area contributed by atoms with Crippen LogP contribution in [0.2, 0.25) is 0 Å². The summed E-state index contributed by atoms with van der Waals surface area (Å²) in [6.07, 6.45) is -3.05. The minimum atomic E-state index is -4.32. The summed E-state index contributed by atoms with van der Waals surface area (Å²) in [5, 5.41) is 9.68. The summed E-state index contributed by atoms with van der Waals surface area (Å²) in [5.74, 6) is 0. The van der Waals surface area contributed by atoms with E-state index in [9.17, 15) is 13.2 Å². The van der Waals surface area contributed by atoms with Gasteiger partial charge >= 0.3 is 6.18 Å². The summed E-state index contributed by atoms with van der Waals surface area (Å²) in [4.78, 5) is 5.47. The van der Waals surface area contributed by atoms with Gasteiger partial charge in [0.2, 0.25) is 0 Å². The van der Waals surface area contributed by atoms with Crippen molar-refractivity contribution >= 4 is 11.3 Å². The van der Waals surface area contributed by atoms with Crippen LogP contribution in [-0.4, -0.2) is 16.7 Å². The van der Waals surface area contributed by atoms with E-state index in [1.165, 1.54) is 23.5 Å². The van der Waals surface area contributed by atoms with Gasteiger partial charge in [0.25, 0.3) is 0 Å². The first-order chi connectivity index (χ1) is 9.45. The topological polar surface area (TPSA) is 33.1 Å². The van der Waals surface area contributed by atoms with Crippen LogP contribution >= 0.6 is 11.3 Å². The monoisotopic (exact) mass is 301 g/mol. The standard InChI is InChI=1S/C14H14F3NOS/c1-2-12-11(7-8-19)18-13(20-12)9-3-5-10(6-4-9)14(15,16)17/h3-6,19H,2,7-8H2,1H3. The third-order valence-electron chi connectivity index (χ3n) is 2.91. The molecule has 1 N–H and O–H groups in total. The van der Waals surface area contributed by atoms with Gasteiger partial charge in [-0.1, -0.05) is 19.1 Å². The highest BCUT2D eigenvalue weighted by Crippen LogP contribution is 2.33. The normalized spacial score (nSPS) is 11.8. The van der Waals surface area contributed by atoms with Crippen molar-refractivity contribution in [3.05, 3.63) is 40.4 Å². The summed E-state index contributed by atoms with van der Waals surface area (Å²) in [6, 6.07) is 5.00. The lowest BCUT2D eigenvalue weighted by atomic mass is 10.1. The summed E-state index contributed by atoms with van der Waals surface area (Å²) in [7, 11) is 0. The van der Waals surface area contributed by atoms with Gasteiger partial charge < -0.3 is 5.11 Å². The van der Waals surface area contributed by atoms with Gasteiger partial charge in [-0.25, -0.2) is 4.98 Å². The molecule has 0 aliphatic carbocycles. The molecule has 0 spiro atoms. The lowest BCUT2D eigenvalue weighted by Crippen LogP contribution is -2.03. The number of aryl methyl sites for hydroxylation is 1. The first-order valence-corrected chi connectivity index (χ1v) is 7.04. The van der Waals surface area contributed by atoms with Crippen molar-refractivity contribution in [1.82, 2.24) is 4.98 Å². The minimum Gasteiger partial charge on any atom is -0.396 e. The van der Waals surface area contributed by atoms with Gasteiger partial charge in [-0.2, -0.15) is 13.2 Å². The maximum Gasteiger partial charge on any atom is 0.416 e. The Morgan fingerprint density at radius 3 is 2.35 bits per heavy atom. The van der Waals surface area contributed by atoms with Crippen LogP contribution in [0.4, 0.5) is 13.2 Å². The Balaban J connectivity index is 2.32. The number of benzene rings is 1. The number of aliphatic hydroxyl groups is 1. The number of hydrogen-bond donors (Lipinski definition) is 1. The summed E-state index contributed by atoms with van der Waals surface area (Å²) >= 11 is 1.46. The molecule has 0 bridgehead atoms. The van der Waals surface area contributed by atoms with E-state index in [2.05, 4.69) is 4.98 Å². The van der Waals surface area contributed by atoms with Crippen molar-refractivity contribution in [3.63, 3.8) is 0 Å². The zero-order chi connectivity index (χ0) is 14.8. The van der Waals surface area contributed by atoms with Crippen molar-refractivity contribution < 1.29 is 18.3 Å². The Morgan fingerprint density at radius 1 is 1.20 bits per heavy atom. The molecule has 0 amide bonds. The van der Waals surface area contributed by atoms with E-state index in [1.54, 1.807) is 0 Å². The summed E-state index contributed by atoms with van der Waals surface area (Å²) in [6.45, 7) is 2.01. The molecule has 0 aliphatic rings. The highest BCUT2D eigenvalue weighted by molar-refractivity contribution is 7.15. The Bertz CT molecular complexity index is 575. The number of rotatable bonds is 4. The number of aromatic nitrogens is 1. The fourth-order valence-corrected chi connectivity index (χ4v) is 2.94. The number of alkyl halides is 3. The number of aliphatic hydroxyl groups excluding tert-OH is 1. The number of thiazole rings is 1. The summed E-state index contributed by atoms with van der Waals surface area (Å²) in [5.41, 5.74) is 0.834. The molecule has 0 saturated carbocycles. The maximum atomic E-state index is 12.5.